The summed E-state index contributed by atoms with van der Waals surface area (Å²) in [4.78, 5) is 10.8. The minimum atomic E-state index is -1.57. The third-order valence-electron chi connectivity index (χ3n) is 4.32. The van der Waals surface area contributed by atoms with E-state index in [-0.39, 0.29) is 11.2 Å². The van der Waals surface area contributed by atoms with Gasteiger partial charge in [-0.2, -0.15) is 0 Å². The minimum Gasteiger partial charge on any atom is -0.413 e. The molecule has 0 bridgehead atoms. The van der Waals surface area contributed by atoms with Crippen LogP contribution in [0.1, 0.15) is 67.7 Å². The lowest BCUT2D eigenvalue weighted by Crippen LogP contribution is -2.44. The van der Waals surface area contributed by atoms with E-state index in [1.54, 1.807) is 0 Å². The number of carbonyl (C=O) groups excluding carboxylic acids is 1. The Morgan fingerprint density at radius 2 is 1.67 bits per heavy atom. The number of hydrogen-bond acceptors (Lipinski definition) is 2. The van der Waals surface area contributed by atoms with Gasteiger partial charge in [0, 0.05) is 19.4 Å². The average molecular weight is 311 g/mol. The lowest BCUT2D eigenvalue weighted by Gasteiger charge is -2.39. The van der Waals surface area contributed by atoms with Gasteiger partial charge in [0.05, 0.1) is 0 Å². The normalized spacial score (nSPS) is 13.5. The zero-order chi connectivity index (χ0) is 16.5. The molecule has 0 aliphatic heterocycles. The average Bonchev–Trinajstić information content (AvgIpc) is 2.41. The van der Waals surface area contributed by atoms with Crippen molar-refractivity contribution in [1.29, 1.82) is 0 Å². The van der Waals surface area contributed by atoms with Gasteiger partial charge in [0.25, 0.3) is 0 Å². The van der Waals surface area contributed by atoms with E-state index in [4.69, 9.17) is 4.43 Å². The van der Waals surface area contributed by atoms with Gasteiger partial charge in [0.15, 0.2) is 8.32 Å². The Morgan fingerprint density at radius 3 is 2.05 bits per heavy atom. The van der Waals surface area contributed by atoms with Crippen molar-refractivity contribution >= 4 is 14.1 Å². The van der Waals surface area contributed by atoms with Crippen LogP contribution >= 0.6 is 0 Å². The van der Waals surface area contributed by atoms with Gasteiger partial charge in [-0.3, -0.25) is 4.79 Å². The predicted octanol–water partition coefficient (Wildman–Crippen LogP) is 5.19. The first-order chi connectivity index (χ1) is 9.70. The highest BCUT2D eigenvalue weighted by atomic mass is 28.4. The maximum Gasteiger partial charge on any atom is 0.202 e. The molecule has 3 heteroatoms. The van der Waals surface area contributed by atoms with Gasteiger partial charge in [0.1, 0.15) is 0 Å². The van der Waals surface area contributed by atoms with Crippen molar-refractivity contribution in [3.63, 3.8) is 0 Å². The summed E-state index contributed by atoms with van der Waals surface area (Å²) < 4.78 is 6.70. The molecule has 1 unspecified atom stereocenters. The smallest absolute Gasteiger partial charge is 0.202 e. The Morgan fingerprint density at radius 1 is 1.14 bits per heavy atom. The van der Waals surface area contributed by atoms with Crippen LogP contribution in [-0.2, 0) is 9.22 Å². The molecule has 122 valence electrons. The van der Waals surface area contributed by atoms with Crippen LogP contribution in [0, 0.1) is 17.3 Å². The van der Waals surface area contributed by atoms with Crippen LogP contribution in [0.2, 0.25) is 18.1 Å². The molecule has 0 aromatic carbocycles. The van der Waals surface area contributed by atoms with Crippen LogP contribution < -0.4 is 0 Å². The first-order valence-corrected chi connectivity index (χ1v) is 10.9. The molecule has 0 saturated carbocycles. The summed E-state index contributed by atoms with van der Waals surface area (Å²) in [7, 11) is -1.57. The van der Waals surface area contributed by atoms with Crippen LogP contribution in [0.15, 0.2) is 0 Å². The van der Waals surface area contributed by atoms with Gasteiger partial charge < -0.3 is 4.43 Å². The fraction of sp³-hybridized carbons (Fsp3) is 0.833. The van der Waals surface area contributed by atoms with Crippen LogP contribution in [0.5, 0.6) is 0 Å². The van der Waals surface area contributed by atoms with Crippen molar-refractivity contribution in [3.8, 4) is 11.8 Å². The molecule has 0 aromatic rings. The summed E-state index contributed by atoms with van der Waals surface area (Å²) in [5.74, 6) is 5.52. The number of ketones is 1. The topological polar surface area (TPSA) is 26.3 Å². The lowest BCUT2D eigenvalue weighted by atomic mass is 9.86. The second kappa shape index (κ2) is 9.43. The second-order valence-corrected chi connectivity index (χ2v) is 11.7. The van der Waals surface area contributed by atoms with Crippen LogP contribution in [0.4, 0.5) is 0 Å². The molecule has 0 fully saturated rings. The highest BCUT2D eigenvalue weighted by molar-refractivity contribution is 6.73. The van der Waals surface area contributed by atoms with E-state index in [0.717, 1.165) is 19.3 Å². The summed E-state index contributed by atoms with van der Waals surface area (Å²) in [6.45, 7) is 15.1. The molecule has 0 aliphatic rings. The first kappa shape index (κ1) is 20.4. The van der Waals surface area contributed by atoms with Crippen molar-refractivity contribution in [2.24, 2.45) is 5.41 Å². The number of hydrogen-bond donors (Lipinski definition) is 0. The number of rotatable bonds is 8. The summed E-state index contributed by atoms with van der Waals surface area (Å²) in [6.07, 6.45) is 3.12. The maximum atomic E-state index is 10.8. The maximum absolute atomic E-state index is 10.8. The molecule has 0 heterocycles. The highest BCUT2D eigenvalue weighted by Crippen LogP contribution is 2.33. The van der Waals surface area contributed by atoms with Gasteiger partial charge in [-0.15, -0.1) is 0 Å². The van der Waals surface area contributed by atoms with Crippen molar-refractivity contribution in [2.45, 2.75) is 92.0 Å². The second-order valence-electron chi connectivity index (χ2n) is 6.97. The van der Waals surface area contributed by atoms with Crippen LogP contribution in [0.25, 0.3) is 0 Å². The largest absolute Gasteiger partial charge is 0.413 e. The molecule has 0 amide bonds. The molecule has 0 N–H and O–H groups in total. The van der Waals surface area contributed by atoms with E-state index in [9.17, 15) is 4.79 Å². The fourth-order valence-electron chi connectivity index (χ4n) is 2.53. The molecule has 0 aliphatic carbocycles. The van der Waals surface area contributed by atoms with Crippen molar-refractivity contribution in [1.82, 2.24) is 0 Å². The van der Waals surface area contributed by atoms with E-state index in [1.165, 1.54) is 25.1 Å². The minimum absolute atomic E-state index is 0.0482. The molecule has 21 heavy (non-hydrogen) atoms. The molecule has 0 rings (SSSR count). The molecule has 1 atom stereocenters. The standard InChI is InChI=1S/C18H34O2Si/c1-8-21(9-2,10-3)20-17(18(5,6)7)15-13-11-12-14-16(4)19/h17H,8-11,13,15H2,1-7H3. The van der Waals surface area contributed by atoms with Gasteiger partial charge in [-0.25, -0.2) is 0 Å². The monoisotopic (exact) mass is 310 g/mol. The van der Waals surface area contributed by atoms with E-state index in [1.807, 2.05) is 0 Å². The van der Waals surface area contributed by atoms with E-state index < -0.39 is 8.32 Å². The van der Waals surface area contributed by atoms with Gasteiger partial charge in [-0.1, -0.05) is 47.5 Å². The summed E-state index contributed by atoms with van der Waals surface area (Å²) in [5, 5.41) is 0. The first-order valence-electron chi connectivity index (χ1n) is 8.38. The predicted molar refractivity (Wildman–Crippen MR) is 93.8 cm³/mol. The summed E-state index contributed by atoms with van der Waals surface area (Å²) in [5.41, 5.74) is 0.158. The van der Waals surface area contributed by atoms with E-state index in [0.29, 0.717) is 6.10 Å². The molecular formula is C18H34O2Si. The third kappa shape index (κ3) is 7.83. The lowest BCUT2D eigenvalue weighted by molar-refractivity contribution is -0.111. The van der Waals surface area contributed by atoms with Gasteiger partial charge >= 0.3 is 0 Å². The van der Waals surface area contributed by atoms with Crippen molar-refractivity contribution in [3.05, 3.63) is 0 Å². The fourth-order valence-corrected chi connectivity index (χ4v) is 5.61. The van der Waals surface area contributed by atoms with Crippen molar-refractivity contribution in [2.75, 3.05) is 0 Å². The van der Waals surface area contributed by atoms with E-state index in [2.05, 4.69) is 53.4 Å². The molecule has 0 saturated heterocycles. The number of carbonyl (C=O) groups is 1. The van der Waals surface area contributed by atoms with E-state index >= 15 is 0 Å². The molecule has 0 aromatic heterocycles. The van der Waals surface area contributed by atoms with Gasteiger partial charge in [-0.05, 0) is 42.3 Å². The SMILES string of the molecule is CC[Si](CC)(CC)OC(CCCC#CC(C)=O)C(C)(C)C. The molecule has 0 spiro atoms. The highest BCUT2D eigenvalue weighted by Gasteiger charge is 2.36. The molecule has 2 nitrogen and oxygen atoms in total. The van der Waals surface area contributed by atoms with Crippen LogP contribution in [-0.4, -0.2) is 20.2 Å². The summed E-state index contributed by atoms with van der Waals surface area (Å²) in [6, 6.07) is 3.57. The zero-order valence-corrected chi connectivity index (χ0v) is 16.1. The van der Waals surface area contributed by atoms with Crippen LogP contribution in [0.3, 0.4) is 0 Å². The molecular weight excluding hydrogens is 276 g/mol. The zero-order valence-electron chi connectivity index (χ0n) is 15.1. The number of unbranched alkanes of at least 4 members (excludes halogenated alkanes) is 1. The molecule has 0 radical (unpaired) electrons. The Bertz CT molecular complexity index is 359. The number of Topliss-reactive ketones (excluding diaryl/α,β-unsaturated/α-hetero) is 1. The Labute approximate surface area is 133 Å². The third-order valence-corrected chi connectivity index (χ3v) is 8.97. The van der Waals surface area contributed by atoms with Crippen molar-refractivity contribution < 1.29 is 9.22 Å². The Kier molecular flexibility index (Phi) is 9.16. The summed E-state index contributed by atoms with van der Waals surface area (Å²) >= 11 is 0. The Hall–Kier alpha value is -0.593. The Balaban J connectivity index is 4.69. The van der Waals surface area contributed by atoms with Gasteiger partial charge in [0.2, 0.25) is 5.78 Å². The quantitative estimate of drug-likeness (QED) is 0.267.